The first-order valence-electron chi connectivity index (χ1n) is 16.0. The topological polar surface area (TPSA) is 241 Å². The molecule has 0 aliphatic heterocycles. The van der Waals surface area contributed by atoms with Gasteiger partial charge in [-0.1, -0.05) is 96.1 Å². The fourth-order valence-electron chi connectivity index (χ4n) is 4.40. The number of carboxylic acid groups (broad SMARTS) is 3. The summed E-state index contributed by atoms with van der Waals surface area (Å²) in [5.74, 6) is -3.20. The number of nitrogens with two attached hydrogens (primary N) is 1. The van der Waals surface area contributed by atoms with E-state index in [1.807, 2.05) is 50.2 Å². The molecule has 4 rings (SSSR count). The first-order valence-corrected chi connectivity index (χ1v) is 16.0. The number of non-ortho nitro benzene ring substituents is 2. The maximum atomic E-state index is 11.8. The number of Topliss-reactive ketones (excluding diaryl/α,β-unsaturated/α-hetero) is 1. The molecule has 4 aromatic rings. The van der Waals surface area contributed by atoms with E-state index in [-0.39, 0.29) is 55.2 Å². The lowest BCUT2D eigenvalue weighted by Gasteiger charge is -2.14. The second kappa shape index (κ2) is 24.0. The Kier molecular flexibility index (Phi) is 20.2. The predicted octanol–water partition coefficient (Wildman–Crippen LogP) is 7.43. The van der Waals surface area contributed by atoms with E-state index < -0.39 is 33.8 Å². The quantitative estimate of drug-likeness (QED) is 0.0735. The van der Waals surface area contributed by atoms with Crippen molar-refractivity contribution in [2.24, 2.45) is 5.73 Å². The summed E-state index contributed by atoms with van der Waals surface area (Å²) in [6, 6.07) is 30.7. The minimum Gasteiger partial charge on any atom is -0.481 e. The summed E-state index contributed by atoms with van der Waals surface area (Å²) in [6.07, 6.45) is 0.438. The number of nitro benzene ring substituents is 2. The SMILES string of the molecule is Cc1ccc([N+](=O)[O-])cc1.Cc1ccc([N+](=O)[O-])cc1.N[C@H](CC(=O)O)c1ccccc1.O=C(O)CCCC(=O)CC(CC(=O)O)c1ccccc1. The summed E-state index contributed by atoms with van der Waals surface area (Å²) in [6.45, 7) is 3.79. The van der Waals surface area contributed by atoms with E-state index in [1.54, 1.807) is 48.5 Å². The Bertz CT molecular complexity index is 1660. The molecule has 5 N–H and O–H groups in total. The number of nitro groups is 2. The number of ketones is 1. The maximum Gasteiger partial charge on any atom is 0.305 e. The summed E-state index contributed by atoms with van der Waals surface area (Å²) in [4.78, 5) is 62.8. The molecule has 0 saturated carbocycles. The van der Waals surface area contributed by atoms with E-state index >= 15 is 0 Å². The summed E-state index contributed by atoms with van der Waals surface area (Å²) < 4.78 is 0. The number of aliphatic carboxylic acids is 3. The molecule has 0 fully saturated rings. The van der Waals surface area contributed by atoms with Crippen molar-refractivity contribution in [3.05, 3.63) is 152 Å². The first kappa shape index (κ1) is 43.7. The molecule has 0 aliphatic carbocycles. The third-order valence-corrected chi connectivity index (χ3v) is 7.12. The van der Waals surface area contributed by atoms with E-state index in [0.717, 1.165) is 22.3 Å². The van der Waals surface area contributed by atoms with Crippen molar-refractivity contribution in [2.75, 3.05) is 0 Å². The fraction of sp³-hybridized carbons (Fsp3) is 0.263. The van der Waals surface area contributed by atoms with Crippen molar-refractivity contribution < 1.29 is 44.3 Å². The standard InChI is InChI=1S/C15H18O5.C9H11NO2.2C7H7NO2/c16-13(7-4-8-14(17)18)9-12(10-15(19)20)11-5-2-1-3-6-11;10-8(6-9(11)12)7-4-2-1-3-5-7;2*1-6-2-4-7(5-3-6)8(9)10/h1-3,5-6,12H,4,7-10H2,(H,17,18)(H,19,20);1-5,8H,6,10H2,(H,11,12);2*2-5H,1H3/t;8-;;/m.1../s1. The van der Waals surface area contributed by atoms with E-state index in [9.17, 15) is 39.4 Å². The number of aryl methyl sites for hydroxylation is 2. The van der Waals surface area contributed by atoms with Crippen LogP contribution in [-0.2, 0) is 19.2 Å². The Morgan fingerprint density at radius 2 is 0.981 bits per heavy atom. The zero-order chi connectivity index (χ0) is 39.1. The van der Waals surface area contributed by atoms with Gasteiger partial charge in [-0.05, 0) is 31.4 Å². The van der Waals surface area contributed by atoms with Gasteiger partial charge in [0.1, 0.15) is 5.78 Å². The van der Waals surface area contributed by atoms with Crippen LogP contribution in [0.25, 0.3) is 0 Å². The van der Waals surface area contributed by atoms with Crippen molar-refractivity contribution in [1.82, 2.24) is 0 Å². The highest BCUT2D eigenvalue weighted by Crippen LogP contribution is 2.24. The van der Waals surface area contributed by atoms with E-state index in [1.165, 1.54) is 24.3 Å². The Labute approximate surface area is 300 Å². The molecule has 0 spiro atoms. The monoisotopic (exact) mass is 717 g/mol. The van der Waals surface area contributed by atoms with E-state index in [0.29, 0.717) is 6.42 Å². The van der Waals surface area contributed by atoms with Crippen LogP contribution in [0.2, 0.25) is 0 Å². The molecule has 276 valence electrons. The van der Waals surface area contributed by atoms with Gasteiger partial charge in [-0.15, -0.1) is 0 Å². The molecule has 2 atom stereocenters. The summed E-state index contributed by atoms with van der Waals surface area (Å²) in [7, 11) is 0. The van der Waals surface area contributed by atoms with Crippen molar-refractivity contribution in [2.45, 2.75) is 64.3 Å². The smallest absolute Gasteiger partial charge is 0.305 e. The number of hydrogen-bond acceptors (Lipinski definition) is 9. The Balaban J connectivity index is 0.000000364. The van der Waals surface area contributed by atoms with Gasteiger partial charge in [0, 0.05) is 55.5 Å². The Hall–Kier alpha value is -6.28. The van der Waals surface area contributed by atoms with Crippen LogP contribution in [0.3, 0.4) is 0 Å². The summed E-state index contributed by atoms with van der Waals surface area (Å²) >= 11 is 0. The second-order valence-electron chi connectivity index (χ2n) is 11.5. The minimum absolute atomic E-state index is 0.0238. The highest BCUT2D eigenvalue weighted by Gasteiger charge is 2.19. The molecule has 0 saturated heterocycles. The normalized spacial score (nSPS) is 11.0. The van der Waals surface area contributed by atoms with Gasteiger partial charge in [0.2, 0.25) is 0 Å². The van der Waals surface area contributed by atoms with Gasteiger partial charge in [-0.3, -0.25) is 39.4 Å². The van der Waals surface area contributed by atoms with Crippen LogP contribution in [-0.4, -0.2) is 48.9 Å². The molecular formula is C38H43N3O11. The number of hydrogen-bond donors (Lipinski definition) is 4. The molecule has 52 heavy (non-hydrogen) atoms. The molecule has 0 aliphatic rings. The van der Waals surface area contributed by atoms with E-state index in [2.05, 4.69) is 0 Å². The van der Waals surface area contributed by atoms with Gasteiger partial charge in [-0.25, -0.2) is 0 Å². The molecule has 4 aromatic carbocycles. The molecule has 0 amide bonds. The number of carboxylic acids is 3. The maximum absolute atomic E-state index is 11.8. The van der Waals surface area contributed by atoms with Crippen LogP contribution in [0.5, 0.6) is 0 Å². The molecule has 0 radical (unpaired) electrons. The number of carbonyl (C=O) groups excluding carboxylic acids is 1. The van der Waals surface area contributed by atoms with Gasteiger partial charge in [0.15, 0.2) is 0 Å². The lowest BCUT2D eigenvalue weighted by Crippen LogP contribution is -2.14. The lowest BCUT2D eigenvalue weighted by atomic mass is 9.89. The average Bonchev–Trinajstić information content (AvgIpc) is 3.09. The Morgan fingerprint density at radius 1 is 0.577 bits per heavy atom. The number of rotatable bonds is 14. The van der Waals surface area contributed by atoms with Gasteiger partial charge >= 0.3 is 17.9 Å². The van der Waals surface area contributed by atoms with Crippen LogP contribution < -0.4 is 5.73 Å². The van der Waals surface area contributed by atoms with Crippen molar-refractivity contribution in [1.29, 1.82) is 0 Å². The van der Waals surface area contributed by atoms with Crippen LogP contribution in [0.1, 0.15) is 72.7 Å². The molecular weight excluding hydrogens is 674 g/mol. The zero-order valence-electron chi connectivity index (χ0n) is 28.9. The Morgan fingerprint density at radius 3 is 1.35 bits per heavy atom. The lowest BCUT2D eigenvalue weighted by molar-refractivity contribution is -0.385. The summed E-state index contributed by atoms with van der Waals surface area (Å²) in [5, 5.41) is 46.1. The van der Waals surface area contributed by atoms with Crippen molar-refractivity contribution in [3.63, 3.8) is 0 Å². The largest absolute Gasteiger partial charge is 0.481 e. The summed E-state index contributed by atoms with van der Waals surface area (Å²) in [5.41, 5.74) is 9.65. The molecule has 1 unspecified atom stereocenters. The first-order chi connectivity index (χ1) is 24.6. The van der Waals surface area contributed by atoms with Gasteiger partial charge in [-0.2, -0.15) is 0 Å². The van der Waals surface area contributed by atoms with Gasteiger partial charge < -0.3 is 21.1 Å². The molecule has 0 heterocycles. The third kappa shape index (κ3) is 19.7. The molecule has 0 aromatic heterocycles. The molecule has 0 bridgehead atoms. The number of benzene rings is 4. The number of nitrogens with zero attached hydrogens (tertiary/aromatic N) is 2. The van der Waals surface area contributed by atoms with Gasteiger partial charge in [0.05, 0.1) is 22.7 Å². The van der Waals surface area contributed by atoms with Crippen LogP contribution in [0.15, 0.2) is 109 Å². The highest BCUT2D eigenvalue weighted by molar-refractivity contribution is 5.81. The highest BCUT2D eigenvalue weighted by atomic mass is 16.6. The molecule has 14 nitrogen and oxygen atoms in total. The van der Waals surface area contributed by atoms with Crippen molar-refractivity contribution in [3.8, 4) is 0 Å². The van der Waals surface area contributed by atoms with Crippen molar-refractivity contribution >= 4 is 35.1 Å². The fourth-order valence-corrected chi connectivity index (χ4v) is 4.40. The zero-order valence-corrected chi connectivity index (χ0v) is 28.9. The minimum atomic E-state index is -0.947. The van der Waals surface area contributed by atoms with Crippen LogP contribution in [0, 0.1) is 34.1 Å². The van der Waals surface area contributed by atoms with Crippen LogP contribution >= 0.6 is 0 Å². The van der Waals surface area contributed by atoms with Crippen LogP contribution in [0.4, 0.5) is 11.4 Å². The van der Waals surface area contributed by atoms with E-state index in [4.69, 9.17) is 21.1 Å². The average molecular weight is 718 g/mol. The predicted molar refractivity (Wildman–Crippen MR) is 194 cm³/mol. The van der Waals surface area contributed by atoms with Gasteiger partial charge in [0.25, 0.3) is 11.4 Å². The second-order valence-corrected chi connectivity index (χ2v) is 11.5. The number of carbonyl (C=O) groups is 4. The third-order valence-electron chi connectivity index (χ3n) is 7.12. The molecule has 14 heteroatoms.